The van der Waals surface area contributed by atoms with Crippen molar-refractivity contribution in [3.05, 3.63) is 29.3 Å². The molecule has 0 heterocycles. The van der Waals surface area contributed by atoms with Crippen molar-refractivity contribution in [3.8, 4) is 11.8 Å². The number of unbranched alkanes of at least 4 members (excludes halogenated alkanes) is 2. The molecule has 1 rings (SSSR count). The van der Waals surface area contributed by atoms with E-state index in [9.17, 15) is 10.1 Å². The standard InChI is InChI=1S/C20H28N2O3/c1-5-8-9-12-25-19-14-18(22(6-2)7-3)11-10-16(19)13-17(15-21)20(23)24-4/h10-11,13-14H,5-9,12H2,1-4H3/b17-13-. The minimum absolute atomic E-state index is 0.0449. The Bertz CT molecular complexity index is 628. The lowest BCUT2D eigenvalue weighted by molar-refractivity contribution is -0.135. The molecule has 25 heavy (non-hydrogen) atoms. The van der Waals surface area contributed by atoms with Gasteiger partial charge in [0, 0.05) is 30.4 Å². The van der Waals surface area contributed by atoms with Crippen LogP contribution in [0.3, 0.4) is 0 Å². The maximum Gasteiger partial charge on any atom is 0.348 e. The normalized spacial score (nSPS) is 10.9. The first-order valence-electron chi connectivity index (χ1n) is 8.83. The third-order valence-corrected chi connectivity index (χ3v) is 3.96. The van der Waals surface area contributed by atoms with Crippen LogP contribution in [0, 0.1) is 11.3 Å². The van der Waals surface area contributed by atoms with Crippen molar-refractivity contribution in [1.82, 2.24) is 0 Å². The van der Waals surface area contributed by atoms with Crippen molar-refractivity contribution < 1.29 is 14.3 Å². The zero-order valence-electron chi connectivity index (χ0n) is 15.7. The topological polar surface area (TPSA) is 62.6 Å². The van der Waals surface area contributed by atoms with Crippen LogP contribution in [0.4, 0.5) is 5.69 Å². The van der Waals surface area contributed by atoms with E-state index in [1.54, 1.807) is 0 Å². The summed E-state index contributed by atoms with van der Waals surface area (Å²) in [7, 11) is 1.26. The lowest BCUT2D eigenvalue weighted by Gasteiger charge is -2.22. The Kier molecular flexibility index (Phi) is 9.16. The zero-order valence-corrected chi connectivity index (χ0v) is 15.7. The molecular formula is C20H28N2O3. The van der Waals surface area contributed by atoms with Crippen molar-refractivity contribution in [1.29, 1.82) is 5.26 Å². The number of ether oxygens (including phenoxy) is 2. The number of carbonyl (C=O) groups excluding carboxylic acids is 1. The van der Waals surface area contributed by atoms with E-state index in [-0.39, 0.29) is 5.57 Å². The van der Waals surface area contributed by atoms with E-state index < -0.39 is 5.97 Å². The number of anilines is 1. The number of esters is 1. The Morgan fingerprint density at radius 3 is 2.52 bits per heavy atom. The number of nitriles is 1. The van der Waals surface area contributed by atoms with E-state index >= 15 is 0 Å². The maximum atomic E-state index is 11.7. The number of hydrogen-bond donors (Lipinski definition) is 0. The van der Waals surface area contributed by atoms with Gasteiger partial charge in [-0.05, 0) is 38.5 Å². The average Bonchev–Trinajstić information content (AvgIpc) is 2.64. The van der Waals surface area contributed by atoms with Crippen LogP contribution < -0.4 is 9.64 Å². The van der Waals surface area contributed by atoms with Gasteiger partial charge in [0.15, 0.2) is 0 Å². The fourth-order valence-electron chi connectivity index (χ4n) is 2.49. The van der Waals surface area contributed by atoms with Gasteiger partial charge in [0.2, 0.25) is 0 Å². The molecule has 136 valence electrons. The molecule has 0 aliphatic heterocycles. The van der Waals surface area contributed by atoms with Crippen molar-refractivity contribution in [2.45, 2.75) is 40.0 Å². The number of hydrogen-bond acceptors (Lipinski definition) is 5. The van der Waals surface area contributed by atoms with E-state index in [1.807, 2.05) is 24.3 Å². The van der Waals surface area contributed by atoms with Crippen LogP contribution in [0.15, 0.2) is 23.8 Å². The molecule has 0 aliphatic carbocycles. The van der Waals surface area contributed by atoms with Gasteiger partial charge < -0.3 is 14.4 Å². The predicted molar refractivity (Wildman–Crippen MR) is 101 cm³/mol. The predicted octanol–water partition coefficient (Wildman–Crippen LogP) is 4.18. The number of carbonyl (C=O) groups is 1. The summed E-state index contributed by atoms with van der Waals surface area (Å²) in [5.41, 5.74) is 1.72. The summed E-state index contributed by atoms with van der Waals surface area (Å²) in [6, 6.07) is 7.71. The summed E-state index contributed by atoms with van der Waals surface area (Å²) in [6.45, 7) is 8.74. The SMILES string of the molecule is CCCCCOc1cc(N(CC)CC)ccc1/C=C(/C#N)C(=O)OC. The first-order chi connectivity index (χ1) is 12.1. The van der Waals surface area contributed by atoms with E-state index in [2.05, 4.69) is 30.4 Å². The van der Waals surface area contributed by atoms with Crippen molar-refractivity contribution in [2.24, 2.45) is 0 Å². The number of methoxy groups -OCH3 is 1. The average molecular weight is 344 g/mol. The molecule has 0 aliphatic rings. The third kappa shape index (κ3) is 6.15. The summed E-state index contributed by atoms with van der Waals surface area (Å²) in [5, 5.41) is 9.18. The molecule has 0 radical (unpaired) electrons. The fourth-order valence-corrected chi connectivity index (χ4v) is 2.49. The highest BCUT2D eigenvalue weighted by atomic mass is 16.5. The highest BCUT2D eigenvalue weighted by molar-refractivity contribution is 5.98. The highest BCUT2D eigenvalue weighted by Gasteiger charge is 2.13. The van der Waals surface area contributed by atoms with Crippen molar-refractivity contribution in [3.63, 3.8) is 0 Å². The Labute approximate surface area is 150 Å². The Morgan fingerprint density at radius 1 is 1.24 bits per heavy atom. The fraction of sp³-hybridized carbons (Fsp3) is 0.500. The minimum atomic E-state index is -0.646. The number of nitrogens with zero attached hydrogens (tertiary/aromatic N) is 2. The Hall–Kier alpha value is -2.48. The molecule has 0 unspecified atom stereocenters. The lowest BCUT2D eigenvalue weighted by Crippen LogP contribution is -2.21. The first kappa shape index (κ1) is 20.6. The molecule has 0 N–H and O–H groups in total. The molecule has 0 saturated heterocycles. The van der Waals surface area contributed by atoms with Gasteiger partial charge in [0.25, 0.3) is 0 Å². The zero-order chi connectivity index (χ0) is 18.7. The quantitative estimate of drug-likeness (QED) is 0.276. The summed E-state index contributed by atoms with van der Waals surface area (Å²) in [6.07, 6.45) is 4.72. The molecular weight excluding hydrogens is 316 g/mol. The molecule has 0 atom stereocenters. The van der Waals surface area contributed by atoms with Gasteiger partial charge in [0.1, 0.15) is 17.4 Å². The van der Waals surface area contributed by atoms with Crippen LogP contribution in [0.5, 0.6) is 5.75 Å². The molecule has 0 bridgehead atoms. The van der Waals surface area contributed by atoms with Gasteiger partial charge in [-0.3, -0.25) is 0 Å². The molecule has 0 spiro atoms. The van der Waals surface area contributed by atoms with E-state index in [4.69, 9.17) is 4.74 Å². The third-order valence-electron chi connectivity index (χ3n) is 3.96. The van der Waals surface area contributed by atoms with Gasteiger partial charge in [-0.25, -0.2) is 4.79 Å². The van der Waals surface area contributed by atoms with Gasteiger partial charge in [-0.2, -0.15) is 5.26 Å². The smallest absolute Gasteiger partial charge is 0.348 e. The molecule has 1 aromatic carbocycles. The second-order valence-electron chi connectivity index (χ2n) is 5.61. The maximum absolute atomic E-state index is 11.7. The lowest BCUT2D eigenvalue weighted by atomic mass is 10.1. The van der Waals surface area contributed by atoms with Gasteiger partial charge in [0.05, 0.1) is 13.7 Å². The molecule has 0 saturated carbocycles. The van der Waals surface area contributed by atoms with Crippen LogP contribution in [0.2, 0.25) is 0 Å². The monoisotopic (exact) mass is 344 g/mol. The van der Waals surface area contributed by atoms with E-state index in [1.165, 1.54) is 13.2 Å². The van der Waals surface area contributed by atoms with Crippen LogP contribution in [0.1, 0.15) is 45.6 Å². The Balaban J connectivity index is 3.19. The molecule has 1 aromatic rings. The first-order valence-corrected chi connectivity index (χ1v) is 8.83. The van der Waals surface area contributed by atoms with Gasteiger partial charge >= 0.3 is 5.97 Å². The number of rotatable bonds is 10. The highest BCUT2D eigenvalue weighted by Crippen LogP contribution is 2.28. The van der Waals surface area contributed by atoms with E-state index in [0.29, 0.717) is 17.9 Å². The molecule has 0 amide bonds. The van der Waals surface area contributed by atoms with Crippen LogP contribution in [-0.2, 0) is 9.53 Å². The summed E-state index contributed by atoms with van der Waals surface area (Å²) in [4.78, 5) is 13.9. The molecule has 5 nitrogen and oxygen atoms in total. The second-order valence-corrected chi connectivity index (χ2v) is 5.61. The van der Waals surface area contributed by atoms with Crippen LogP contribution in [-0.4, -0.2) is 32.8 Å². The molecule has 0 aromatic heterocycles. The van der Waals surface area contributed by atoms with Crippen molar-refractivity contribution >= 4 is 17.7 Å². The number of benzene rings is 1. The van der Waals surface area contributed by atoms with Crippen LogP contribution in [0.25, 0.3) is 6.08 Å². The van der Waals surface area contributed by atoms with Gasteiger partial charge in [-0.1, -0.05) is 19.8 Å². The second kappa shape index (κ2) is 11.1. The van der Waals surface area contributed by atoms with Gasteiger partial charge in [-0.15, -0.1) is 0 Å². The summed E-state index contributed by atoms with van der Waals surface area (Å²) in [5.74, 6) is 0.0319. The summed E-state index contributed by atoms with van der Waals surface area (Å²) >= 11 is 0. The summed E-state index contributed by atoms with van der Waals surface area (Å²) < 4.78 is 10.6. The van der Waals surface area contributed by atoms with Crippen molar-refractivity contribution in [2.75, 3.05) is 31.7 Å². The van der Waals surface area contributed by atoms with E-state index in [0.717, 1.165) is 38.0 Å². The van der Waals surface area contributed by atoms with Crippen LogP contribution >= 0.6 is 0 Å². The Morgan fingerprint density at radius 2 is 1.96 bits per heavy atom. The molecule has 5 heteroatoms. The minimum Gasteiger partial charge on any atom is -0.493 e. The molecule has 0 fully saturated rings. The largest absolute Gasteiger partial charge is 0.493 e.